The van der Waals surface area contributed by atoms with Gasteiger partial charge in [-0.05, 0) is 50.2 Å². The SMILES string of the molecule is CN=C(NCC(=O)Nc1cccnc1)NCC(c1ccco1)N1CCCC1. The topological polar surface area (TPSA) is 94.8 Å². The zero-order valence-corrected chi connectivity index (χ0v) is 15.5. The standard InChI is InChI=1S/C19H26N6O2/c1-20-19(23-14-18(26)24-15-6-4-8-21-12-15)22-13-16(17-7-5-11-27-17)25-9-2-3-10-25/h4-8,11-12,16H,2-3,9-10,13-14H2,1H3,(H,24,26)(H2,20,22,23). The van der Waals surface area contributed by atoms with Gasteiger partial charge in [0.1, 0.15) is 5.76 Å². The monoisotopic (exact) mass is 370 g/mol. The summed E-state index contributed by atoms with van der Waals surface area (Å²) in [5, 5.41) is 9.12. The molecule has 1 aliphatic rings. The van der Waals surface area contributed by atoms with Gasteiger partial charge < -0.3 is 20.4 Å². The summed E-state index contributed by atoms with van der Waals surface area (Å²) >= 11 is 0. The molecule has 2 aromatic rings. The van der Waals surface area contributed by atoms with Crippen molar-refractivity contribution in [2.45, 2.75) is 18.9 Å². The number of amides is 1. The van der Waals surface area contributed by atoms with Gasteiger partial charge in [-0.15, -0.1) is 0 Å². The summed E-state index contributed by atoms with van der Waals surface area (Å²) in [7, 11) is 1.69. The van der Waals surface area contributed by atoms with Gasteiger partial charge in [-0.2, -0.15) is 0 Å². The first-order valence-electron chi connectivity index (χ1n) is 9.18. The van der Waals surface area contributed by atoms with E-state index in [0.717, 1.165) is 18.8 Å². The predicted octanol–water partition coefficient (Wildman–Crippen LogP) is 1.62. The highest BCUT2D eigenvalue weighted by Crippen LogP contribution is 2.24. The second kappa shape index (κ2) is 9.72. The molecule has 1 aliphatic heterocycles. The molecule has 144 valence electrons. The molecule has 3 rings (SSSR count). The van der Waals surface area contributed by atoms with Crippen molar-refractivity contribution in [1.82, 2.24) is 20.5 Å². The van der Waals surface area contributed by atoms with Crippen LogP contribution in [0.15, 0.2) is 52.3 Å². The van der Waals surface area contributed by atoms with E-state index in [-0.39, 0.29) is 18.5 Å². The average molecular weight is 370 g/mol. The highest BCUT2D eigenvalue weighted by Gasteiger charge is 2.25. The molecule has 1 saturated heterocycles. The normalized spacial score (nSPS) is 16.1. The molecule has 0 aromatic carbocycles. The lowest BCUT2D eigenvalue weighted by molar-refractivity contribution is -0.115. The van der Waals surface area contributed by atoms with Crippen LogP contribution >= 0.6 is 0 Å². The number of pyridine rings is 1. The smallest absolute Gasteiger partial charge is 0.243 e. The van der Waals surface area contributed by atoms with Crippen molar-refractivity contribution in [1.29, 1.82) is 0 Å². The maximum Gasteiger partial charge on any atom is 0.243 e. The minimum Gasteiger partial charge on any atom is -0.468 e. The van der Waals surface area contributed by atoms with Gasteiger partial charge in [0.25, 0.3) is 0 Å². The number of hydrogen-bond acceptors (Lipinski definition) is 5. The Morgan fingerprint density at radius 1 is 1.30 bits per heavy atom. The van der Waals surface area contributed by atoms with Crippen LogP contribution in [0.1, 0.15) is 24.6 Å². The van der Waals surface area contributed by atoms with Crippen LogP contribution in [-0.2, 0) is 4.79 Å². The third kappa shape index (κ3) is 5.55. The van der Waals surface area contributed by atoms with Gasteiger partial charge in [-0.1, -0.05) is 0 Å². The third-order valence-corrected chi connectivity index (χ3v) is 4.50. The molecule has 0 radical (unpaired) electrons. The molecule has 8 heteroatoms. The Morgan fingerprint density at radius 2 is 2.15 bits per heavy atom. The van der Waals surface area contributed by atoms with Gasteiger partial charge >= 0.3 is 0 Å². The average Bonchev–Trinajstić information content (AvgIpc) is 3.40. The molecule has 2 aromatic heterocycles. The Bertz CT molecular complexity index is 726. The number of carbonyl (C=O) groups is 1. The number of aliphatic imine (C=N–C) groups is 1. The second-order valence-corrected chi connectivity index (χ2v) is 6.37. The summed E-state index contributed by atoms with van der Waals surface area (Å²) in [6.07, 6.45) is 7.39. The van der Waals surface area contributed by atoms with Gasteiger partial charge in [0.05, 0.1) is 30.7 Å². The van der Waals surface area contributed by atoms with Crippen LogP contribution in [0.4, 0.5) is 5.69 Å². The van der Waals surface area contributed by atoms with Crippen molar-refractivity contribution in [3.63, 3.8) is 0 Å². The molecule has 0 bridgehead atoms. The largest absolute Gasteiger partial charge is 0.468 e. The molecule has 0 saturated carbocycles. The zero-order valence-electron chi connectivity index (χ0n) is 15.5. The molecule has 27 heavy (non-hydrogen) atoms. The first-order valence-corrected chi connectivity index (χ1v) is 9.18. The summed E-state index contributed by atoms with van der Waals surface area (Å²) in [4.78, 5) is 22.6. The van der Waals surface area contributed by atoms with Gasteiger partial charge in [-0.25, -0.2) is 0 Å². The van der Waals surface area contributed by atoms with E-state index in [9.17, 15) is 4.79 Å². The van der Waals surface area contributed by atoms with E-state index in [1.165, 1.54) is 12.8 Å². The van der Waals surface area contributed by atoms with Crippen molar-refractivity contribution < 1.29 is 9.21 Å². The van der Waals surface area contributed by atoms with E-state index >= 15 is 0 Å². The van der Waals surface area contributed by atoms with Crippen molar-refractivity contribution in [3.8, 4) is 0 Å². The maximum absolute atomic E-state index is 12.1. The summed E-state index contributed by atoms with van der Waals surface area (Å²) in [5.41, 5.74) is 0.666. The Morgan fingerprint density at radius 3 is 2.81 bits per heavy atom. The van der Waals surface area contributed by atoms with E-state index in [0.29, 0.717) is 18.2 Å². The Kier molecular flexibility index (Phi) is 6.81. The molecule has 1 amide bonds. The first kappa shape index (κ1) is 18.9. The zero-order chi connectivity index (χ0) is 18.9. The van der Waals surface area contributed by atoms with Crippen LogP contribution in [0.25, 0.3) is 0 Å². The third-order valence-electron chi connectivity index (χ3n) is 4.50. The Labute approximate surface area is 159 Å². The number of rotatable bonds is 7. The van der Waals surface area contributed by atoms with E-state index in [4.69, 9.17) is 4.42 Å². The lowest BCUT2D eigenvalue weighted by Gasteiger charge is -2.26. The van der Waals surface area contributed by atoms with E-state index in [1.54, 1.807) is 37.8 Å². The summed E-state index contributed by atoms with van der Waals surface area (Å²) < 4.78 is 5.63. The molecule has 1 unspecified atom stereocenters. The number of carbonyl (C=O) groups excluding carboxylic acids is 1. The lowest BCUT2D eigenvalue weighted by atomic mass is 10.2. The van der Waals surface area contributed by atoms with Gasteiger partial charge in [0.15, 0.2) is 5.96 Å². The molecule has 3 N–H and O–H groups in total. The minimum absolute atomic E-state index is 0.115. The fourth-order valence-corrected chi connectivity index (χ4v) is 3.16. The van der Waals surface area contributed by atoms with Crippen molar-refractivity contribution in [2.75, 3.05) is 38.5 Å². The van der Waals surface area contributed by atoms with Crippen LogP contribution in [0, 0.1) is 0 Å². The van der Waals surface area contributed by atoms with Crippen LogP contribution < -0.4 is 16.0 Å². The molecule has 8 nitrogen and oxygen atoms in total. The second-order valence-electron chi connectivity index (χ2n) is 6.37. The number of furan rings is 1. The predicted molar refractivity (Wildman–Crippen MR) is 104 cm³/mol. The fourth-order valence-electron chi connectivity index (χ4n) is 3.16. The molecule has 0 spiro atoms. The number of guanidine groups is 1. The van der Waals surface area contributed by atoms with Gasteiger partial charge in [0.2, 0.25) is 5.91 Å². The van der Waals surface area contributed by atoms with Crippen LogP contribution in [-0.4, -0.2) is 55.0 Å². The summed E-state index contributed by atoms with van der Waals surface area (Å²) in [5.74, 6) is 1.36. The molecular weight excluding hydrogens is 344 g/mol. The lowest BCUT2D eigenvalue weighted by Crippen LogP contribution is -2.44. The quantitative estimate of drug-likeness (QED) is 0.506. The van der Waals surface area contributed by atoms with Gasteiger partial charge in [-0.3, -0.25) is 19.7 Å². The van der Waals surface area contributed by atoms with Crippen molar-refractivity contribution in [2.24, 2.45) is 4.99 Å². The van der Waals surface area contributed by atoms with Crippen LogP contribution in [0.2, 0.25) is 0 Å². The maximum atomic E-state index is 12.1. The number of hydrogen-bond donors (Lipinski definition) is 3. The molecule has 3 heterocycles. The van der Waals surface area contributed by atoms with E-state index in [2.05, 4.69) is 30.8 Å². The fraction of sp³-hybridized carbons (Fsp3) is 0.421. The van der Waals surface area contributed by atoms with Crippen LogP contribution in [0.3, 0.4) is 0 Å². The van der Waals surface area contributed by atoms with E-state index < -0.39 is 0 Å². The summed E-state index contributed by atoms with van der Waals surface area (Å²) in [6.45, 7) is 2.89. The Balaban J connectivity index is 1.49. The molecule has 1 atom stereocenters. The van der Waals surface area contributed by atoms with Crippen molar-refractivity contribution in [3.05, 3.63) is 48.7 Å². The number of likely N-dealkylation sites (tertiary alicyclic amines) is 1. The van der Waals surface area contributed by atoms with Crippen molar-refractivity contribution >= 4 is 17.6 Å². The number of aromatic nitrogens is 1. The minimum atomic E-state index is -0.159. The summed E-state index contributed by atoms with van der Waals surface area (Å²) in [6, 6.07) is 7.63. The molecule has 0 aliphatic carbocycles. The Hall–Kier alpha value is -2.87. The van der Waals surface area contributed by atoms with Crippen LogP contribution in [0.5, 0.6) is 0 Å². The molecular formula is C19H26N6O2. The number of anilines is 1. The number of nitrogens with zero attached hydrogens (tertiary/aromatic N) is 3. The molecule has 1 fully saturated rings. The van der Waals surface area contributed by atoms with Gasteiger partial charge in [0, 0.05) is 19.8 Å². The highest BCUT2D eigenvalue weighted by molar-refractivity contribution is 5.94. The number of nitrogens with one attached hydrogen (secondary N) is 3. The first-order chi connectivity index (χ1) is 13.3. The van der Waals surface area contributed by atoms with E-state index in [1.807, 2.05) is 12.1 Å². The highest BCUT2D eigenvalue weighted by atomic mass is 16.3.